The third kappa shape index (κ3) is 31.9. The third-order valence-electron chi connectivity index (χ3n) is 7.04. The highest BCUT2D eigenvalue weighted by molar-refractivity contribution is 7.46. The molecule has 0 aromatic rings. The van der Waals surface area contributed by atoms with E-state index in [1.54, 1.807) is 36.5 Å². The highest BCUT2D eigenvalue weighted by Gasteiger charge is 2.23. The van der Waals surface area contributed by atoms with Crippen molar-refractivity contribution in [2.75, 3.05) is 13.2 Å². The van der Waals surface area contributed by atoms with Gasteiger partial charge < -0.3 is 29.5 Å². The molecular formula is C35H61O10P. The highest BCUT2D eigenvalue weighted by atomic mass is 31.2. The molecule has 0 rings (SSSR count). The second kappa shape index (κ2) is 30.3. The number of unbranched alkanes of at least 4 members (excludes halogenated alkanes) is 11. The van der Waals surface area contributed by atoms with Crippen molar-refractivity contribution >= 4 is 19.8 Å². The van der Waals surface area contributed by atoms with E-state index in [0.29, 0.717) is 25.7 Å². The normalized spacial score (nSPS) is 14.5. The van der Waals surface area contributed by atoms with Crippen LogP contribution in [-0.4, -0.2) is 63.5 Å². The maximum Gasteiger partial charge on any atom is 0.469 e. The molecule has 0 bridgehead atoms. The second-order valence-electron chi connectivity index (χ2n) is 11.5. The molecule has 0 amide bonds. The topological polar surface area (TPSA) is 160 Å². The van der Waals surface area contributed by atoms with Gasteiger partial charge in [0.15, 0.2) is 6.10 Å². The van der Waals surface area contributed by atoms with E-state index in [4.69, 9.17) is 19.3 Å². The van der Waals surface area contributed by atoms with E-state index in [1.807, 2.05) is 6.08 Å². The Balaban J connectivity index is 4.31. The Morgan fingerprint density at radius 2 is 1.24 bits per heavy atom. The molecule has 10 nitrogen and oxygen atoms in total. The summed E-state index contributed by atoms with van der Waals surface area (Å²) in [5.41, 5.74) is 0. The number of hydrogen-bond acceptors (Lipinski definition) is 8. The van der Waals surface area contributed by atoms with Gasteiger partial charge in [0, 0.05) is 12.8 Å². The molecule has 11 heteroatoms. The molecule has 0 fully saturated rings. The first-order chi connectivity index (χ1) is 22.1. The molecule has 0 spiro atoms. The van der Waals surface area contributed by atoms with Gasteiger partial charge in [0.05, 0.1) is 18.8 Å². The number of aliphatic hydroxyl groups excluding tert-OH is 2. The van der Waals surface area contributed by atoms with E-state index in [2.05, 4.69) is 24.4 Å². The average molecular weight is 673 g/mol. The van der Waals surface area contributed by atoms with Crippen LogP contribution in [0.25, 0.3) is 0 Å². The zero-order valence-corrected chi connectivity index (χ0v) is 29.1. The first-order valence-electron chi connectivity index (χ1n) is 17.1. The van der Waals surface area contributed by atoms with Crippen LogP contribution in [0.15, 0.2) is 48.6 Å². The lowest BCUT2D eigenvalue weighted by Gasteiger charge is -2.18. The van der Waals surface area contributed by atoms with Crippen molar-refractivity contribution in [3.05, 3.63) is 48.6 Å². The Morgan fingerprint density at radius 3 is 1.87 bits per heavy atom. The van der Waals surface area contributed by atoms with Crippen LogP contribution >= 0.6 is 7.82 Å². The lowest BCUT2D eigenvalue weighted by atomic mass is 10.1. The van der Waals surface area contributed by atoms with Crippen LogP contribution in [0.2, 0.25) is 0 Å². The number of phosphoric acid groups is 1. The minimum Gasteiger partial charge on any atom is -0.462 e. The van der Waals surface area contributed by atoms with E-state index in [0.717, 1.165) is 25.7 Å². The maximum absolute atomic E-state index is 12.3. The van der Waals surface area contributed by atoms with Crippen molar-refractivity contribution in [3.63, 3.8) is 0 Å². The second-order valence-corrected chi connectivity index (χ2v) is 12.8. The molecule has 3 atom stereocenters. The van der Waals surface area contributed by atoms with E-state index in [-0.39, 0.29) is 12.8 Å². The Morgan fingerprint density at radius 1 is 0.674 bits per heavy atom. The summed E-state index contributed by atoms with van der Waals surface area (Å²) in [6.07, 6.45) is 27.7. The van der Waals surface area contributed by atoms with E-state index in [1.165, 1.54) is 51.4 Å². The third-order valence-corrected chi connectivity index (χ3v) is 7.53. The molecule has 0 heterocycles. The van der Waals surface area contributed by atoms with Crippen LogP contribution in [0.3, 0.4) is 0 Å². The van der Waals surface area contributed by atoms with Gasteiger partial charge in [0.2, 0.25) is 0 Å². The number of allylic oxidation sites excluding steroid dienone is 5. The molecule has 0 aliphatic heterocycles. The first-order valence-corrected chi connectivity index (χ1v) is 18.7. The quantitative estimate of drug-likeness (QED) is 0.0197. The molecule has 0 unspecified atom stereocenters. The molecule has 266 valence electrons. The molecule has 0 aliphatic carbocycles. The summed E-state index contributed by atoms with van der Waals surface area (Å²) in [5.74, 6) is -1.13. The number of esters is 2. The fraction of sp³-hybridized carbons (Fsp3) is 0.714. The van der Waals surface area contributed by atoms with E-state index < -0.39 is 51.3 Å². The van der Waals surface area contributed by atoms with Gasteiger partial charge in [0.1, 0.15) is 6.61 Å². The number of hydrogen-bond donors (Lipinski definition) is 4. The summed E-state index contributed by atoms with van der Waals surface area (Å²) < 4.78 is 26.0. The fourth-order valence-electron chi connectivity index (χ4n) is 4.39. The molecule has 46 heavy (non-hydrogen) atoms. The molecule has 0 aliphatic rings. The van der Waals surface area contributed by atoms with Crippen LogP contribution in [0, 0.1) is 0 Å². The molecule has 0 saturated carbocycles. The molecule has 0 saturated heterocycles. The van der Waals surface area contributed by atoms with Crippen molar-refractivity contribution in [3.8, 4) is 0 Å². The predicted molar refractivity (Wildman–Crippen MR) is 182 cm³/mol. The van der Waals surface area contributed by atoms with Gasteiger partial charge in [0.25, 0.3) is 0 Å². The minimum atomic E-state index is -4.80. The summed E-state index contributed by atoms with van der Waals surface area (Å²) in [4.78, 5) is 42.5. The van der Waals surface area contributed by atoms with Gasteiger partial charge in [-0.1, -0.05) is 127 Å². The molecular weight excluding hydrogens is 611 g/mol. The number of rotatable bonds is 30. The van der Waals surface area contributed by atoms with Crippen LogP contribution in [0.5, 0.6) is 0 Å². The summed E-state index contributed by atoms with van der Waals surface area (Å²) in [6.45, 7) is 3.35. The number of phosphoric ester groups is 1. The standard InChI is InChI=1S/C35H61O10P/c1-3-5-7-9-11-12-13-15-21-27-35(39)45-33(30-44-46(40,41)42)29-43-34(38)28-22-26-32(37)25-20-17-16-19-24-31(36)23-18-14-10-8-6-4-2/h14,16-20,24-25,31-33,36-37H,3-13,15,21-23,26-30H2,1-2H3,(H2,40,41,42)/b17-16+,18-14-,24-19+,25-20-/t31-,32-,33-/m1/s1. The smallest absolute Gasteiger partial charge is 0.462 e. The largest absolute Gasteiger partial charge is 0.469 e. The summed E-state index contributed by atoms with van der Waals surface area (Å²) >= 11 is 0. The van der Waals surface area contributed by atoms with Crippen molar-refractivity contribution < 1.29 is 48.2 Å². The molecule has 0 radical (unpaired) electrons. The van der Waals surface area contributed by atoms with Crippen LogP contribution < -0.4 is 0 Å². The number of carbonyl (C=O) groups excluding carboxylic acids is 2. The maximum atomic E-state index is 12.3. The van der Waals surface area contributed by atoms with Crippen molar-refractivity contribution in [2.24, 2.45) is 0 Å². The molecule has 0 aromatic carbocycles. The fourth-order valence-corrected chi connectivity index (χ4v) is 4.75. The van der Waals surface area contributed by atoms with Gasteiger partial charge in [-0.2, -0.15) is 0 Å². The van der Waals surface area contributed by atoms with E-state index in [9.17, 15) is 24.4 Å². The number of aliphatic hydroxyl groups is 2. The Bertz CT molecular complexity index is 924. The predicted octanol–water partition coefficient (Wildman–Crippen LogP) is 7.56. The zero-order valence-electron chi connectivity index (χ0n) is 28.2. The van der Waals surface area contributed by atoms with Gasteiger partial charge in [-0.3, -0.25) is 14.1 Å². The Labute approximate surface area is 277 Å². The van der Waals surface area contributed by atoms with Crippen molar-refractivity contribution in [1.29, 1.82) is 0 Å². The van der Waals surface area contributed by atoms with Gasteiger partial charge in [-0.25, -0.2) is 4.57 Å². The van der Waals surface area contributed by atoms with Crippen LogP contribution in [0.1, 0.15) is 129 Å². The van der Waals surface area contributed by atoms with Gasteiger partial charge in [-0.05, 0) is 38.5 Å². The first kappa shape index (κ1) is 43.9. The number of carbonyl (C=O) groups is 2. The molecule has 0 aromatic heterocycles. The number of ether oxygens (including phenoxy) is 2. The Kier molecular flexibility index (Phi) is 28.9. The lowest BCUT2D eigenvalue weighted by molar-refractivity contribution is -0.161. The lowest BCUT2D eigenvalue weighted by Crippen LogP contribution is -2.29. The molecule has 4 N–H and O–H groups in total. The summed E-state index contributed by atoms with van der Waals surface area (Å²) in [7, 11) is -4.80. The highest BCUT2D eigenvalue weighted by Crippen LogP contribution is 2.35. The van der Waals surface area contributed by atoms with Crippen LogP contribution in [0.4, 0.5) is 0 Å². The van der Waals surface area contributed by atoms with E-state index >= 15 is 0 Å². The monoisotopic (exact) mass is 672 g/mol. The SMILES string of the molecule is CCCCC/C=C\C[C@@H](O)/C=C/C=C/C=C\[C@@H](O)CCCC(=O)OC[C@H](COP(=O)(O)O)OC(=O)CCCCCCCCCCC. The summed E-state index contributed by atoms with van der Waals surface area (Å²) in [6, 6.07) is 0. The van der Waals surface area contributed by atoms with Crippen LogP contribution in [-0.2, 0) is 28.2 Å². The van der Waals surface area contributed by atoms with Gasteiger partial charge in [-0.15, -0.1) is 0 Å². The van der Waals surface area contributed by atoms with Gasteiger partial charge >= 0.3 is 19.8 Å². The summed E-state index contributed by atoms with van der Waals surface area (Å²) in [5, 5.41) is 20.1. The van der Waals surface area contributed by atoms with Crippen molar-refractivity contribution in [2.45, 2.75) is 148 Å². The van der Waals surface area contributed by atoms with Crippen molar-refractivity contribution in [1.82, 2.24) is 0 Å². The Hall–Kier alpha value is -2.07. The minimum absolute atomic E-state index is 0.00682. The average Bonchev–Trinajstić information content (AvgIpc) is 3.00. The zero-order chi connectivity index (χ0) is 34.3.